The van der Waals surface area contributed by atoms with Gasteiger partial charge in [-0.05, 0) is 56.6 Å². The van der Waals surface area contributed by atoms with Gasteiger partial charge >= 0.3 is 0 Å². The van der Waals surface area contributed by atoms with Crippen LogP contribution in [0.5, 0.6) is 0 Å². The normalized spacial score (nSPS) is 26.9. The minimum atomic E-state index is -0.416. The van der Waals surface area contributed by atoms with Crippen LogP contribution in [0.15, 0.2) is 18.2 Å². The minimum Gasteiger partial charge on any atom is -0.381 e. The highest BCUT2D eigenvalue weighted by Crippen LogP contribution is 2.39. The molecule has 0 saturated carbocycles. The zero-order valence-electron chi connectivity index (χ0n) is 16.1. The lowest BCUT2D eigenvalue weighted by Gasteiger charge is -2.38. The minimum absolute atomic E-state index is 0.00519. The molecule has 148 valence electrons. The van der Waals surface area contributed by atoms with Crippen LogP contribution in [0, 0.1) is 0 Å². The molecule has 0 aliphatic carbocycles. The number of piperazine rings is 1. The summed E-state index contributed by atoms with van der Waals surface area (Å²) in [5, 5.41) is -0.416. The van der Waals surface area contributed by atoms with Crippen molar-refractivity contribution in [2.45, 2.75) is 38.1 Å². The van der Waals surface area contributed by atoms with E-state index in [9.17, 15) is 4.79 Å². The summed E-state index contributed by atoms with van der Waals surface area (Å²) in [6.45, 7) is 7.60. The zero-order valence-corrected chi connectivity index (χ0v) is 16.8. The Kier molecular flexibility index (Phi) is 5.60. The van der Waals surface area contributed by atoms with Crippen molar-refractivity contribution in [2.24, 2.45) is 0 Å². The average Bonchev–Trinajstić information content (AvgIpc) is 3.39. The summed E-state index contributed by atoms with van der Waals surface area (Å²) in [5.41, 5.74) is 2.60. The van der Waals surface area contributed by atoms with Crippen LogP contribution < -0.4 is 9.80 Å². The van der Waals surface area contributed by atoms with Crippen LogP contribution in [-0.2, 0) is 9.47 Å². The van der Waals surface area contributed by atoms with E-state index in [2.05, 4.69) is 34.7 Å². The molecule has 0 N–H and O–H groups in total. The number of carbonyl (C=O) groups excluding carboxylic acids is 1. The van der Waals surface area contributed by atoms with Gasteiger partial charge in [0.05, 0.1) is 11.3 Å². The van der Waals surface area contributed by atoms with Crippen molar-refractivity contribution >= 4 is 28.2 Å². The Morgan fingerprint density at radius 1 is 1.19 bits per heavy atom. The lowest BCUT2D eigenvalue weighted by molar-refractivity contribution is 0.0823. The Morgan fingerprint density at radius 3 is 2.44 bits per heavy atom. The molecule has 3 saturated heterocycles. The summed E-state index contributed by atoms with van der Waals surface area (Å²) >= 11 is 5.96. The van der Waals surface area contributed by atoms with E-state index in [1.807, 2.05) is 12.1 Å². The Labute approximate surface area is 165 Å². The molecule has 27 heavy (non-hydrogen) atoms. The van der Waals surface area contributed by atoms with Gasteiger partial charge in [0, 0.05) is 51.1 Å². The van der Waals surface area contributed by atoms with Crippen molar-refractivity contribution in [1.82, 2.24) is 4.90 Å². The molecular weight excluding hydrogens is 366 g/mol. The molecule has 0 bridgehead atoms. The van der Waals surface area contributed by atoms with E-state index in [0.717, 1.165) is 63.6 Å². The van der Waals surface area contributed by atoms with E-state index in [1.54, 1.807) is 0 Å². The molecule has 1 unspecified atom stereocenters. The first-order valence-corrected chi connectivity index (χ1v) is 10.2. The molecule has 0 aromatic heterocycles. The maximum atomic E-state index is 12.2. The van der Waals surface area contributed by atoms with Gasteiger partial charge < -0.3 is 24.2 Å². The maximum Gasteiger partial charge on any atom is 0.254 e. The monoisotopic (exact) mass is 393 g/mol. The predicted molar refractivity (Wildman–Crippen MR) is 107 cm³/mol. The smallest absolute Gasteiger partial charge is 0.254 e. The molecule has 6 nitrogen and oxygen atoms in total. The van der Waals surface area contributed by atoms with Crippen LogP contribution in [0.3, 0.4) is 0 Å². The van der Waals surface area contributed by atoms with Crippen molar-refractivity contribution < 1.29 is 14.3 Å². The van der Waals surface area contributed by atoms with Crippen LogP contribution in [0.4, 0.5) is 11.4 Å². The summed E-state index contributed by atoms with van der Waals surface area (Å²) < 4.78 is 11.4. The van der Waals surface area contributed by atoms with Gasteiger partial charge in [-0.2, -0.15) is 0 Å². The van der Waals surface area contributed by atoms with Gasteiger partial charge in [0.15, 0.2) is 6.23 Å². The average molecular weight is 394 g/mol. The van der Waals surface area contributed by atoms with Crippen molar-refractivity contribution in [1.29, 1.82) is 0 Å². The number of ether oxygens (including phenoxy) is 2. The number of likely N-dealkylation sites (N-methyl/N-ethyl adjacent to an activating group) is 1. The number of halogens is 1. The molecule has 3 aliphatic rings. The quantitative estimate of drug-likeness (QED) is 0.566. The molecule has 3 fully saturated rings. The molecule has 3 heterocycles. The Balaban J connectivity index is 1.68. The summed E-state index contributed by atoms with van der Waals surface area (Å²) in [5.74, 6) is 0. The van der Waals surface area contributed by atoms with E-state index < -0.39 is 5.24 Å². The summed E-state index contributed by atoms with van der Waals surface area (Å²) in [7, 11) is 2.15. The third-order valence-electron chi connectivity index (χ3n) is 5.88. The fraction of sp³-hybridized carbons (Fsp3) is 0.650. The topological polar surface area (TPSA) is 48.5 Å². The van der Waals surface area contributed by atoms with E-state index in [0.29, 0.717) is 11.6 Å². The molecule has 0 radical (unpaired) electrons. The number of carbonyl (C=O) groups is 1. The van der Waals surface area contributed by atoms with Gasteiger partial charge in [0.25, 0.3) is 5.24 Å². The summed E-state index contributed by atoms with van der Waals surface area (Å²) in [6, 6.07) is 6.32. The van der Waals surface area contributed by atoms with Gasteiger partial charge in [0.2, 0.25) is 0 Å². The number of epoxide rings is 1. The third-order valence-corrected chi connectivity index (χ3v) is 6.08. The summed E-state index contributed by atoms with van der Waals surface area (Å²) in [6.07, 6.45) is 2.03. The fourth-order valence-corrected chi connectivity index (χ4v) is 4.29. The first kappa shape index (κ1) is 19.0. The summed E-state index contributed by atoms with van der Waals surface area (Å²) in [4.78, 5) is 19.2. The van der Waals surface area contributed by atoms with E-state index in [-0.39, 0.29) is 12.3 Å². The molecule has 1 aromatic rings. The molecule has 0 amide bonds. The van der Waals surface area contributed by atoms with Crippen molar-refractivity contribution in [3.63, 3.8) is 0 Å². The second-order valence-corrected chi connectivity index (χ2v) is 8.09. The number of nitrogens with zero attached hydrogens (tertiary/aromatic N) is 3. The van der Waals surface area contributed by atoms with Gasteiger partial charge in [0.1, 0.15) is 6.10 Å². The first-order chi connectivity index (χ1) is 13.0. The Hall–Kier alpha value is -1.34. The second-order valence-electron chi connectivity index (χ2n) is 7.75. The van der Waals surface area contributed by atoms with Crippen molar-refractivity contribution in [3.05, 3.63) is 23.8 Å². The highest BCUT2D eigenvalue weighted by Gasteiger charge is 2.44. The highest BCUT2D eigenvalue weighted by molar-refractivity contribution is 6.68. The maximum absolute atomic E-state index is 12.2. The van der Waals surface area contributed by atoms with Gasteiger partial charge in [-0.25, -0.2) is 0 Å². The number of hydrogen-bond acceptors (Lipinski definition) is 6. The van der Waals surface area contributed by atoms with Crippen molar-refractivity contribution in [2.75, 3.05) is 56.2 Å². The molecule has 4 rings (SSSR count). The lowest BCUT2D eigenvalue weighted by atomic mass is 10.0. The van der Waals surface area contributed by atoms with Crippen molar-refractivity contribution in [3.8, 4) is 0 Å². The fourth-order valence-electron chi connectivity index (χ4n) is 4.13. The predicted octanol–water partition coefficient (Wildman–Crippen LogP) is 2.55. The molecule has 2 atom stereocenters. The highest BCUT2D eigenvalue weighted by atomic mass is 35.5. The number of anilines is 2. The van der Waals surface area contributed by atoms with E-state index in [4.69, 9.17) is 21.1 Å². The van der Waals surface area contributed by atoms with Crippen LogP contribution >= 0.6 is 11.6 Å². The van der Waals surface area contributed by atoms with Crippen LogP contribution in [0.1, 0.15) is 30.1 Å². The van der Waals surface area contributed by atoms with Crippen LogP contribution in [0.25, 0.3) is 0 Å². The number of hydrogen-bond donors (Lipinski definition) is 0. The van der Waals surface area contributed by atoms with E-state index >= 15 is 0 Å². The molecule has 1 aromatic carbocycles. The Morgan fingerprint density at radius 2 is 1.85 bits per heavy atom. The third kappa shape index (κ3) is 4.09. The van der Waals surface area contributed by atoms with Crippen LogP contribution in [0.2, 0.25) is 0 Å². The van der Waals surface area contributed by atoms with Crippen LogP contribution in [-0.4, -0.2) is 75.0 Å². The first-order valence-electron chi connectivity index (χ1n) is 9.83. The largest absolute Gasteiger partial charge is 0.381 e. The van der Waals surface area contributed by atoms with Gasteiger partial charge in [-0.3, -0.25) is 4.79 Å². The van der Waals surface area contributed by atoms with Gasteiger partial charge in [-0.15, -0.1) is 0 Å². The second kappa shape index (κ2) is 7.95. The standard InChI is InChI=1S/C20H28ClN3O3/c1-14-20(27-14)24(15-5-11-26-12-6-15)18-13-16(3-4-17(18)19(21)25)23-9-7-22(2)8-10-23/h3-4,13-15,20H,5-12H2,1-2H3/t14?,20-/m1/s1. The number of rotatable bonds is 5. The molecule has 0 spiro atoms. The Bertz CT molecular complexity index is 687. The lowest BCUT2D eigenvalue weighted by Crippen LogP contribution is -2.45. The number of benzene rings is 1. The molecule has 3 aliphatic heterocycles. The zero-order chi connectivity index (χ0) is 19.0. The molecule has 7 heteroatoms. The molecular formula is C20H28ClN3O3. The SMILES string of the molecule is CC1O[C@H]1N(c1cc(N2CCN(C)CC2)ccc1C(=O)Cl)C1CCOCC1. The van der Waals surface area contributed by atoms with Gasteiger partial charge in [-0.1, -0.05) is 0 Å². The van der Waals surface area contributed by atoms with E-state index in [1.165, 1.54) is 0 Å².